The van der Waals surface area contributed by atoms with E-state index < -0.39 is 0 Å². The number of benzene rings is 2. The zero-order valence-electron chi connectivity index (χ0n) is 23.0. The van der Waals surface area contributed by atoms with Gasteiger partial charge in [0.1, 0.15) is 11.9 Å². The molecule has 1 amide bonds. The Morgan fingerprint density at radius 2 is 1.92 bits per heavy atom. The molecule has 2 aromatic carbocycles. The number of nitrogens with zero attached hydrogens (tertiary/aromatic N) is 2. The van der Waals surface area contributed by atoms with Crippen LogP contribution in [0.15, 0.2) is 42.5 Å². The van der Waals surface area contributed by atoms with Gasteiger partial charge in [0.15, 0.2) is 0 Å². The van der Waals surface area contributed by atoms with Gasteiger partial charge < -0.3 is 19.3 Å². The van der Waals surface area contributed by atoms with E-state index in [0.29, 0.717) is 16.5 Å². The number of piperidine rings is 1. The predicted octanol–water partition coefficient (Wildman–Crippen LogP) is 5.77. The maximum Gasteiger partial charge on any atom is 0.302 e. The Morgan fingerprint density at radius 3 is 2.62 bits per heavy atom. The summed E-state index contributed by atoms with van der Waals surface area (Å²) in [4.78, 5) is 30.3. The second-order valence-electron chi connectivity index (χ2n) is 11.6. The Bertz CT molecular complexity index is 1220. The highest BCUT2D eigenvalue weighted by Gasteiger charge is 2.54. The van der Waals surface area contributed by atoms with E-state index in [1.807, 2.05) is 30.1 Å². The molecule has 3 fully saturated rings. The summed E-state index contributed by atoms with van der Waals surface area (Å²) in [5.41, 5.74) is 1.78. The summed E-state index contributed by atoms with van der Waals surface area (Å²) in [6.45, 7) is 4.48. The van der Waals surface area contributed by atoms with Gasteiger partial charge >= 0.3 is 5.97 Å². The first-order valence-electron chi connectivity index (χ1n) is 13.9. The van der Waals surface area contributed by atoms with Crippen molar-refractivity contribution in [1.82, 2.24) is 9.80 Å². The quantitative estimate of drug-likeness (QED) is 0.376. The Hall–Kier alpha value is -2.28. The van der Waals surface area contributed by atoms with Gasteiger partial charge in [0.05, 0.1) is 23.6 Å². The number of hydrogen-bond acceptors (Lipinski definition) is 5. The van der Waals surface area contributed by atoms with Crippen LogP contribution in [0.5, 0.6) is 5.75 Å². The zero-order valence-corrected chi connectivity index (χ0v) is 24.5. The fourth-order valence-electron chi connectivity index (χ4n) is 6.78. The van der Waals surface area contributed by atoms with Gasteiger partial charge in [-0.15, -0.1) is 0 Å². The van der Waals surface area contributed by atoms with Gasteiger partial charge in [-0.25, -0.2) is 0 Å². The molecule has 0 N–H and O–H groups in total. The van der Waals surface area contributed by atoms with E-state index in [9.17, 15) is 9.59 Å². The molecule has 1 aliphatic heterocycles. The fourth-order valence-corrected chi connectivity index (χ4v) is 7.10. The van der Waals surface area contributed by atoms with Crippen LogP contribution in [0.3, 0.4) is 0 Å². The molecule has 210 valence electrons. The second-order valence-corrected chi connectivity index (χ2v) is 12.4. The van der Waals surface area contributed by atoms with Crippen molar-refractivity contribution in [3.05, 3.63) is 63.6 Å². The number of carbonyl (C=O) groups is 2. The Kier molecular flexibility index (Phi) is 8.46. The van der Waals surface area contributed by atoms with Gasteiger partial charge in [-0.2, -0.15) is 0 Å². The predicted molar refractivity (Wildman–Crippen MR) is 153 cm³/mol. The van der Waals surface area contributed by atoms with E-state index in [0.717, 1.165) is 49.7 Å². The van der Waals surface area contributed by atoms with E-state index in [2.05, 4.69) is 17.0 Å². The molecule has 0 spiro atoms. The molecule has 2 aliphatic carbocycles. The van der Waals surface area contributed by atoms with Gasteiger partial charge in [0, 0.05) is 50.9 Å². The molecule has 1 saturated heterocycles. The standard InChI is InChI=1S/C31H38Cl2N2O4/c1-20(36)39-29-16-24(34(2)30(37)14-22-9-10-27(32)28(33)13-22)17-31(23-5-4-6-25(15-23)38-3)11-12-35(19-26(29)31)18-21-7-8-21/h4-6,9-10,13,15,21,24,26,29H,7-8,11-12,14,16-19H2,1-3H3/t24-,26+,29?,31+/m1/s1. The Labute approximate surface area is 241 Å². The molecule has 3 aliphatic rings. The number of methoxy groups -OCH3 is 1. The molecule has 0 radical (unpaired) electrons. The topological polar surface area (TPSA) is 59.1 Å². The smallest absolute Gasteiger partial charge is 0.302 e. The number of rotatable bonds is 8. The van der Waals surface area contributed by atoms with Crippen molar-refractivity contribution in [2.24, 2.45) is 11.8 Å². The van der Waals surface area contributed by atoms with Gasteiger partial charge in [-0.1, -0.05) is 41.4 Å². The minimum absolute atomic E-state index is 0.00498. The van der Waals surface area contributed by atoms with E-state index in [1.54, 1.807) is 19.2 Å². The molecule has 0 bridgehead atoms. The molecule has 2 saturated carbocycles. The van der Waals surface area contributed by atoms with Gasteiger partial charge in [0.2, 0.25) is 5.91 Å². The summed E-state index contributed by atoms with van der Waals surface area (Å²) in [6.07, 6.45) is 4.94. The molecular formula is C31H38Cl2N2O4. The molecule has 1 heterocycles. The third-order valence-electron chi connectivity index (χ3n) is 9.05. The summed E-state index contributed by atoms with van der Waals surface area (Å²) in [7, 11) is 3.56. The highest BCUT2D eigenvalue weighted by atomic mass is 35.5. The number of likely N-dealkylation sites (tertiary alicyclic amines) is 1. The SMILES string of the molecule is COc1cccc([C@@]23CCN(CC4CC4)C[C@H]2C(OC(C)=O)C[C@@H](N(C)C(=O)Cc2ccc(Cl)c(Cl)c2)C3)c1. The number of halogens is 2. The zero-order chi connectivity index (χ0) is 27.7. The fraction of sp³-hybridized carbons (Fsp3) is 0.548. The summed E-state index contributed by atoms with van der Waals surface area (Å²) in [5, 5.41) is 0.909. The largest absolute Gasteiger partial charge is 0.497 e. The summed E-state index contributed by atoms with van der Waals surface area (Å²) >= 11 is 12.3. The molecule has 5 rings (SSSR count). The maximum atomic E-state index is 13.5. The minimum atomic E-state index is -0.283. The summed E-state index contributed by atoms with van der Waals surface area (Å²) in [6, 6.07) is 13.6. The molecule has 8 heteroatoms. The second kappa shape index (κ2) is 11.7. The van der Waals surface area contributed by atoms with Crippen molar-refractivity contribution in [2.75, 3.05) is 33.8 Å². The van der Waals surface area contributed by atoms with Crippen molar-refractivity contribution in [1.29, 1.82) is 0 Å². The van der Waals surface area contributed by atoms with Crippen LogP contribution < -0.4 is 4.74 Å². The highest BCUT2D eigenvalue weighted by molar-refractivity contribution is 6.42. The maximum absolute atomic E-state index is 13.5. The number of amides is 1. The number of esters is 1. The van der Waals surface area contributed by atoms with E-state index in [4.69, 9.17) is 32.7 Å². The van der Waals surface area contributed by atoms with Crippen LogP contribution >= 0.6 is 23.2 Å². The highest BCUT2D eigenvalue weighted by Crippen LogP contribution is 2.52. The van der Waals surface area contributed by atoms with Crippen LogP contribution in [0, 0.1) is 11.8 Å². The van der Waals surface area contributed by atoms with Crippen LogP contribution in [0.4, 0.5) is 0 Å². The van der Waals surface area contributed by atoms with Crippen LogP contribution in [0.2, 0.25) is 10.0 Å². The minimum Gasteiger partial charge on any atom is -0.497 e. The lowest BCUT2D eigenvalue weighted by Crippen LogP contribution is -2.62. The number of carbonyl (C=O) groups excluding carboxylic acids is 2. The van der Waals surface area contributed by atoms with Gasteiger partial charge in [0.25, 0.3) is 0 Å². The van der Waals surface area contributed by atoms with E-state index in [1.165, 1.54) is 25.3 Å². The lowest BCUT2D eigenvalue weighted by atomic mass is 9.56. The van der Waals surface area contributed by atoms with E-state index >= 15 is 0 Å². The normalized spacial score (nSPS) is 26.9. The molecule has 6 nitrogen and oxygen atoms in total. The molecule has 4 atom stereocenters. The molecule has 1 unspecified atom stereocenters. The van der Waals surface area contributed by atoms with Crippen molar-refractivity contribution in [3.8, 4) is 5.75 Å². The van der Waals surface area contributed by atoms with Gasteiger partial charge in [-0.05, 0) is 73.5 Å². The van der Waals surface area contributed by atoms with Crippen molar-refractivity contribution >= 4 is 35.1 Å². The Morgan fingerprint density at radius 1 is 1.13 bits per heavy atom. The van der Waals surface area contributed by atoms with Crippen molar-refractivity contribution in [2.45, 2.75) is 63.0 Å². The van der Waals surface area contributed by atoms with Crippen molar-refractivity contribution in [3.63, 3.8) is 0 Å². The average molecular weight is 574 g/mol. The first kappa shape index (κ1) is 28.3. The molecule has 0 aromatic heterocycles. The Balaban J connectivity index is 1.46. The lowest BCUT2D eigenvalue weighted by molar-refractivity contribution is -0.160. The number of likely N-dealkylation sites (N-methyl/N-ethyl adjacent to an activating group) is 1. The monoisotopic (exact) mass is 572 g/mol. The third-order valence-corrected chi connectivity index (χ3v) is 9.79. The van der Waals surface area contributed by atoms with Crippen LogP contribution in [0.25, 0.3) is 0 Å². The summed E-state index contributed by atoms with van der Waals surface area (Å²) < 4.78 is 11.7. The first-order valence-corrected chi connectivity index (χ1v) is 14.7. The van der Waals surface area contributed by atoms with Crippen LogP contribution in [0.1, 0.15) is 50.2 Å². The first-order chi connectivity index (χ1) is 18.7. The number of fused-ring (bicyclic) bond motifs is 1. The molecule has 39 heavy (non-hydrogen) atoms. The van der Waals surface area contributed by atoms with Crippen LogP contribution in [-0.4, -0.2) is 67.6 Å². The van der Waals surface area contributed by atoms with Crippen molar-refractivity contribution < 1.29 is 19.1 Å². The third kappa shape index (κ3) is 6.23. The van der Waals surface area contributed by atoms with Gasteiger partial charge in [-0.3, -0.25) is 9.59 Å². The molecular weight excluding hydrogens is 535 g/mol. The van der Waals surface area contributed by atoms with E-state index in [-0.39, 0.29) is 41.8 Å². The summed E-state index contributed by atoms with van der Waals surface area (Å²) in [5.74, 6) is 1.48. The molecule has 2 aromatic rings. The number of hydrogen-bond donors (Lipinski definition) is 0. The average Bonchev–Trinajstić information content (AvgIpc) is 3.74. The number of ether oxygens (including phenoxy) is 2. The lowest BCUT2D eigenvalue weighted by Gasteiger charge is -2.56. The van der Waals surface area contributed by atoms with Crippen LogP contribution in [-0.2, 0) is 26.2 Å².